The Balaban J connectivity index is 1.64. The molecule has 0 N–H and O–H groups in total. The van der Waals surface area contributed by atoms with Crippen molar-refractivity contribution in [1.82, 2.24) is 19.8 Å². The summed E-state index contributed by atoms with van der Waals surface area (Å²) in [5, 5.41) is 0. The van der Waals surface area contributed by atoms with Crippen LogP contribution in [0.25, 0.3) is 0 Å². The lowest BCUT2D eigenvalue weighted by Crippen LogP contribution is -2.38. The molecule has 0 saturated carbocycles. The van der Waals surface area contributed by atoms with E-state index in [1.165, 1.54) is 0 Å². The summed E-state index contributed by atoms with van der Waals surface area (Å²) in [6.45, 7) is 8.73. The Morgan fingerprint density at radius 2 is 1.92 bits per heavy atom. The van der Waals surface area contributed by atoms with E-state index in [0.29, 0.717) is 24.8 Å². The van der Waals surface area contributed by atoms with Crippen molar-refractivity contribution in [2.75, 3.05) is 19.6 Å². The molecule has 0 spiro atoms. The zero-order valence-corrected chi connectivity index (χ0v) is 15.5. The van der Waals surface area contributed by atoms with Gasteiger partial charge in [-0.1, -0.05) is 13.8 Å². The van der Waals surface area contributed by atoms with Crippen molar-refractivity contribution in [2.24, 2.45) is 5.92 Å². The fourth-order valence-corrected chi connectivity index (χ4v) is 3.67. The van der Waals surface area contributed by atoms with E-state index in [0.717, 1.165) is 56.0 Å². The third-order valence-electron chi connectivity index (χ3n) is 5.19. The van der Waals surface area contributed by atoms with Gasteiger partial charge in [0.15, 0.2) is 0 Å². The van der Waals surface area contributed by atoms with Crippen LogP contribution in [-0.2, 0) is 22.6 Å². The first kappa shape index (κ1) is 17.8. The van der Waals surface area contributed by atoms with Crippen LogP contribution in [0.1, 0.15) is 63.0 Å². The van der Waals surface area contributed by atoms with Crippen LogP contribution in [0.2, 0.25) is 0 Å². The molecule has 0 radical (unpaired) electrons. The number of piperidine rings is 1. The number of aromatic nitrogens is 2. The fourth-order valence-electron chi connectivity index (χ4n) is 3.67. The highest BCUT2D eigenvalue weighted by Crippen LogP contribution is 2.27. The molecule has 6 nitrogen and oxygen atoms in total. The third kappa shape index (κ3) is 4.17. The zero-order chi connectivity index (χ0) is 18.0. The molecule has 0 atom stereocenters. The van der Waals surface area contributed by atoms with Crippen LogP contribution in [0.4, 0.5) is 0 Å². The molecule has 0 unspecified atom stereocenters. The van der Waals surface area contributed by atoms with Crippen LogP contribution in [0.15, 0.2) is 6.20 Å². The number of rotatable bonds is 3. The van der Waals surface area contributed by atoms with Gasteiger partial charge < -0.3 is 9.80 Å². The van der Waals surface area contributed by atoms with Gasteiger partial charge in [-0.05, 0) is 18.8 Å². The summed E-state index contributed by atoms with van der Waals surface area (Å²) in [5.41, 5.74) is 2.17. The molecule has 0 bridgehead atoms. The number of carbonyl (C=O) groups excluding carboxylic acids is 2. The minimum absolute atomic E-state index is 0.149. The normalized spacial score (nSPS) is 18.4. The summed E-state index contributed by atoms with van der Waals surface area (Å²) < 4.78 is 0. The van der Waals surface area contributed by atoms with E-state index in [1.54, 1.807) is 6.92 Å². The monoisotopic (exact) mass is 344 g/mol. The van der Waals surface area contributed by atoms with Crippen molar-refractivity contribution in [2.45, 2.75) is 58.9 Å². The Morgan fingerprint density at radius 3 is 2.56 bits per heavy atom. The highest BCUT2D eigenvalue weighted by atomic mass is 16.2. The van der Waals surface area contributed by atoms with Crippen LogP contribution in [0, 0.1) is 5.92 Å². The molecule has 2 aliphatic heterocycles. The fraction of sp³-hybridized carbons (Fsp3) is 0.684. The SMILES string of the molecule is CC(=O)N1CCC(c2ncc3c(n2)CCN(C(=O)CC(C)C)C3)CC1. The van der Waals surface area contributed by atoms with E-state index >= 15 is 0 Å². The molecule has 1 aromatic rings. The molecule has 0 aliphatic carbocycles. The summed E-state index contributed by atoms with van der Waals surface area (Å²) >= 11 is 0. The van der Waals surface area contributed by atoms with Gasteiger partial charge in [-0.15, -0.1) is 0 Å². The highest BCUT2D eigenvalue weighted by molar-refractivity contribution is 5.76. The van der Waals surface area contributed by atoms with E-state index in [4.69, 9.17) is 4.98 Å². The topological polar surface area (TPSA) is 66.4 Å². The van der Waals surface area contributed by atoms with Crippen LogP contribution in [-0.4, -0.2) is 51.2 Å². The predicted molar refractivity (Wildman–Crippen MR) is 94.8 cm³/mol. The summed E-state index contributed by atoms with van der Waals surface area (Å²) in [6, 6.07) is 0. The van der Waals surface area contributed by atoms with Gasteiger partial charge in [-0.2, -0.15) is 0 Å². The minimum atomic E-state index is 0.149. The van der Waals surface area contributed by atoms with Crippen molar-refractivity contribution >= 4 is 11.8 Å². The largest absolute Gasteiger partial charge is 0.343 e. The molecule has 6 heteroatoms. The molecule has 3 heterocycles. The molecule has 2 aliphatic rings. The maximum atomic E-state index is 12.3. The van der Waals surface area contributed by atoms with E-state index in [2.05, 4.69) is 18.8 Å². The molecular formula is C19H28N4O2. The summed E-state index contributed by atoms with van der Waals surface area (Å²) in [4.78, 5) is 36.9. The minimum Gasteiger partial charge on any atom is -0.343 e. The number of nitrogens with zero attached hydrogens (tertiary/aromatic N) is 4. The van der Waals surface area contributed by atoms with Gasteiger partial charge in [0.1, 0.15) is 5.82 Å². The maximum Gasteiger partial charge on any atom is 0.223 e. The lowest BCUT2D eigenvalue weighted by molar-refractivity contribution is -0.133. The number of hydrogen-bond acceptors (Lipinski definition) is 4. The first-order valence-corrected chi connectivity index (χ1v) is 9.32. The molecular weight excluding hydrogens is 316 g/mol. The van der Waals surface area contributed by atoms with Gasteiger partial charge in [0.2, 0.25) is 11.8 Å². The Kier molecular flexibility index (Phi) is 5.35. The molecule has 1 aromatic heterocycles. The van der Waals surface area contributed by atoms with Crippen LogP contribution in [0.5, 0.6) is 0 Å². The van der Waals surface area contributed by atoms with Crippen molar-refractivity contribution < 1.29 is 9.59 Å². The molecule has 2 amide bonds. The number of carbonyl (C=O) groups is 2. The van der Waals surface area contributed by atoms with E-state index in [1.807, 2.05) is 16.0 Å². The number of fused-ring (bicyclic) bond motifs is 1. The predicted octanol–water partition coefficient (Wildman–Crippen LogP) is 2.13. The smallest absolute Gasteiger partial charge is 0.223 e. The molecule has 1 fully saturated rings. The van der Waals surface area contributed by atoms with Crippen molar-refractivity contribution in [1.29, 1.82) is 0 Å². The number of amides is 2. The lowest BCUT2D eigenvalue weighted by atomic mass is 9.95. The van der Waals surface area contributed by atoms with Gasteiger partial charge in [0.05, 0.1) is 5.69 Å². The summed E-state index contributed by atoms with van der Waals surface area (Å²) in [6.07, 6.45) is 5.17. The molecule has 0 aromatic carbocycles. The van der Waals surface area contributed by atoms with Crippen LogP contribution in [0.3, 0.4) is 0 Å². The van der Waals surface area contributed by atoms with Gasteiger partial charge in [0.25, 0.3) is 0 Å². The van der Waals surface area contributed by atoms with Crippen molar-refractivity contribution in [3.63, 3.8) is 0 Å². The van der Waals surface area contributed by atoms with E-state index in [-0.39, 0.29) is 11.8 Å². The Bertz CT molecular complexity index is 651. The van der Waals surface area contributed by atoms with Crippen molar-refractivity contribution in [3.8, 4) is 0 Å². The standard InChI is InChI=1S/C19H28N4O2/c1-13(2)10-18(25)23-9-6-17-16(12-23)11-20-19(21-17)15-4-7-22(8-5-15)14(3)24/h11,13,15H,4-10,12H2,1-3H3. The van der Waals surface area contributed by atoms with Crippen LogP contribution < -0.4 is 0 Å². The zero-order valence-electron chi connectivity index (χ0n) is 15.5. The quantitative estimate of drug-likeness (QED) is 0.842. The Morgan fingerprint density at radius 1 is 1.20 bits per heavy atom. The second-order valence-corrected chi connectivity index (χ2v) is 7.64. The highest BCUT2D eigenvalue weighted by Gasteiger charge is 2.27. The summed E-state index contributed by atoms with van der Waals surface area (Å²) in [5.74, 6) is 2.00. The van der Waals surface area contributed by atoms with Crippen molar-refractivity contribution in [3.05, 3.63) is 23.3 Å². The number of likely N-dealkylation sites (tertiary alicyclic amines) is 1. The Hall–Kier alpha value is -1.98. The maximum absolute atomic E-state index is 12.3. The van der Waals surface area contributed by atoms with E-state index < -0.39 is 0 Å². The van der Waals surface area contributed by atoms with Gasteiger partial charge in [-0.25, -0.2) is 9.97 Å². The second-order valence-electron chi connectivity index (χ2n) is 7.64. The summed E-state index contributed by atoms with van der Waals surface area (Å²) in [7, 11) is 0. The average Bonchev–Trinajstić information content (AvgIpc) is 2.60. The Labute approximate surface area is 149 Å². The first-order chi connectivity index (χ1) is 11.9. The average molecular weight is 344 g/mol. The lowest BCUT2D eigenvalue weighted by Gasteiger charge is -2.32. The number of hydrogen-bond donors (Lipinski definition) is 0. The molecule has 25 heavy (non-hydrogen) atoms. The van der Waals surface area contributed by atoms with Gasteiger partial charge in [-0.3, -0.25) is 9.59 Å². The molecule has 3 rings (SSSR count). The molecule has 1 saturated heterocycles. The van der Waals surface area contributed by atoms with E-state index in [9.17, 15) is 9.59 Å². The molecule has 136 valence electrons. The third-order valence-corrected chi connectivity index (χ3v) is 5.19. The second kappa shape index (κ2) is 7.50. The van der Waals surface area contributed by atoms with Gasteiger partial charge in [0, 0.05) is 63.6 Å². The van der Waals surface area contributed by atoms with Crippen LogP contribution >= 0.6 is 0 Å². The van der Waals surface area contributed by atoms with Gasteiger partial charge >= 0.3 is 0 Å². The first-order valence-electron chi connectivity index (χ1n) is 9.32.